The van der Waals surface area contributed by atoms with Gasteiger partial charge in [0.2, 0.25) is 0 Å². The molecule has 1 aromatic heterocycles. The van der Waals surface area contributed by atoms with Gasteiger partial charge < -0.3 is 15.7 Å². The summed E-state index contributed by atoms with van der Waals surface area (Å²) < 4.78 is 0. The van der Waals surface area contributed by atoms with Gasteiger partial charge in [0.25, 0.3) is 11.7 Å². The van der Waals surface area contributed by atoms with E-state index >= 15 is 0 Å². The molecule has 0 bridgehead atoms. The van der Waals surface area contributed by atoms with Gasteiger partial charge in [-0.25, -0.2) is 9.78 Å². The van der Waals surface area contributed by atoms with Gasteiger partial charge in [0.15, 0.2) is 5.82 Å². The van der Waals surface area contributed by atoms with Gasteiger partial charge in [-0.05, 0) is 35.7 Å². The summed E-state index contributed by atoms with van der Waals surface area (Å²) in [6.45, 7) is 4.16. The number of carboxylic acid groups (broad SMARTS) is 1. The van der Waals surface area contributed by atoms with E-state index < -0.39 is 17.7 Å². The van der Waals surface area contributed by atoms with Crippen molar-refractivity contribution in [3.05, 3.63) is 59.2 Å². The van der Waals surface area contributed by atoms with Crippen molar-refractivity contribution in [2.24, 2.45) is 0 Å². The molecule has 3 N–H and O–H groups in total. The van der Waals surface area contributed by atoms with Crippen LogP contribution in [-0.4, -0.2) is 27.8 Å². The molecular weight excluding hydrogens is 358 g/mol. The fraction of sp³-hybridized carbons (Fsp3) is 0.143. The number of amides is 1. The minimum atomic E-state index is -1.09. The van der Waals surface area contributed by atoms with Crippen molar-refractivity contribution < 1.29 is 19.5 Å². The predicted molar refractivity (Wildman–Crippen MR) is 105 cm³/mol. The fourth-order valence-corrected chi connectivity index (χ4v) is 3.24. The first-order valence-corrected chi connectivity index (χ1v) is 8.79. The van der Waals surface area contributed by atoms with E-state index in [1.807, 2.05) is 24.3 Å². The molecule has 7 nitrogen and oxygen atoms in total. The Morgan fingerprint density at radius 1 is 1.14 bits per heavy atom. The zero-order valence-electron chi connectivity index (χ0n) is 15.2. The Morgan fingerprint density at radius 3 is 2.64 bits per heavy atom. The highest BCUT2D eigenvalue weighted by molar-refractivity contribution is 6.54. The van der Waals surface area contributed by atoms with Crippen LogP contribution in [0.5, 0.6) is 0 Å². The third kappa shape index (κ3) is 2.87. The number of carbonyl (C=O) groups excluding carboxylic acids is 2. The average molecular weight is 375 g/mol. The summed E-state index contributed by atoms with van der Waals surface area (Å²) in [5, 5.41) is 15.4. The van der Waals surface area contributed by atoms with Crippen molar-refractivity contribution in [1.82, 2.24) is 4.98 Å². The number of fused-ring (bicyclic) bond motifs is 3. The fourth-order valence-electron chi connectivity index (χ4n) is 3.24. The molecule has 7 heteroatoms. The van der Waals surface area contributed by atoms with Crippen LogP contribution in [0.1, 0.15) is 46.0 Å². The number of aromatic nitrogens is 1. The number of aromatic carboxylic acids is 1. The first kappa shape index (κ1) is 17.7. The number of ketones is 1. The van der Waals surface area contributed by atoms with Crippen LogP contribution in [0, 0.1) is 0 Å². The predicted octanol–water partition coefficient (Wildman–Crippen LogP) is 3.93. The van der Waals surface area contributed by atoms with E-state index in [2.05, 4.69) is 29.5 Å². The molecule has 0 saturated heterocycles. The van der Waals surface area contributed by atoms with Gasteiger partial charge in [0.05, 0.1) is 22.3 Å². The number of hydrogen-bond donors (Lipinski definition) is 3. The summed E-state index contributed by atoms with van der Waals surface area (Å²) in [4.78, 5) is 40.2. The number of nitrogens with zero attached hydrogens (tertiary/aromatic N) is 1. The van der Waals surface area contributed by atoms with E-state index in [1.54, 1.807) is 0 Å². The van der Waals surface area contributed by atoms with Crippen molar-refractivity contribution in [3.8, 4) is 0 Å². The second kappa shape index (κ2) is 6.45. The minimum Gasteiger partial charge on any atom is -0.478 e. The lowest BCUT2D eigenvalue weighted by Crippen LogP contribution is -2.12. The molecule has 0 spiro atoms. The molecule has 140 valence electrons. The molecule has 3 aromatic rings. The molecule has 2 heterocycles. The van der Waals surface area contributed by atoms with Gasteiger partial charge in [-0.3, -0.25) is 9.59 Å². The van der Waals surface area contributed by atoms with E-state index in [0.717, 1.165) is 11.3 Å². The van der Waals surface area contributed by atoms with Crippen molar-refractivity contribution >= 4 is 45.8 Å². The number of Topliss-reactive ketones (excluding diaryl/α,β-unsaturated/α-hetero) is 1. The second-order valence-electron chi connectivity index (χ2n) is 6.94. The molecule has 0 fully saturated rings. The number of benzene rings is 2. The molecule has 28 heavy (non-hydrogen) atoms. The average Bonchev–Trinajstić information content (AvgIpc) is 2.97. The largest absolute Gasteiger partial charge is 0.478 e. The van der Waals surface area contributed by atoms with E-state index in [1.165, 1.54) is 18.2 Å². The van der Waals surface area contributed by atoms with E-state index in [9.17, 15) is 19.5 Å². The van der Waals surface area contributed by atoms with Crippen LogP contribution in [0.4, 0.5) is 17.2 Å². The minimum absolute atomic E-state index is 0.0532. The van der Waals surface area contributed by atoms with E-state index in [-0.39, 0.29) is 11.1 Å². The van der Waals surface area contributed by atoms with Crippen LogP contribution in [-0.2, 0) is 4.79 Å². The maximum atomic E-state index is 12.4. The molecule has 4 rings (SSSR count). The van der Waals surface area contributed by atoms with Crippen molar-refractivity contribution in [2.75, 3.05) is 10.6 Å². The van der Waals surface area contributed by atoms with Crippen LogP contribution in [0.15, 0.2) is 42.5 Å². The van der Waals surface area contributed by atoms with Crippen molar-refractivity contribution in [1.29, 1.82) is 0 Å². The molecule has 1 amide bonds. The number of nitrogens with one attached hydrogen (secondary N) is 2. The van der Waals surface area contributed by atoms with Crippen LogP contribution < -0.4 is 10.6 Å². The van der Waals surface area contributed by atoms with Crippen LogP contribution in [0.2, 0.25) is 0 Å². The first-order valence-electron chi connectivity index (χ1n) is 8.79. The van der Waals surface area contributed by atoms with Gasteiger partial charge in [0.1, 0.15) is 0 Å². The summed E-state index contributed by atoms with van der Waals surface area (Å²) in [5.41, 5.74) is 2.76. The highest BCUT2D eigenvalue weighted by Gasteiger charge is 2.33. The monoisotopic (exact) mass is 375 g/mol. The van der Waals surface area contributed by atoms with Gasteiger partial charge in [-0.1, -0.05) is 32.0 Å². The standard InChI is InChI=1S/C21H17N3O4/c1-10(2)11-4-3-5-13(8-11)22-19-17-16(18(25)20(26)24-17)14-7-6-12(21(27)28)9-15(14)23-19/h3-10H,1-2H3,(H,22,23)(H,27,28)(H,24,25,26). The Morgan fingerprint density at radius 2 is 1.93 bits per heavy atom. The third-order valence-electron chi connectivity index (χ3n) is 4.72. The van der Waals surface area contributed by atoms with Crippen LogP contribution in [0.25, 0.3) is 10.9 Å². The van der Waals surface area contributed by atoms with Gasteiger partial charge in [-0.15, -0.1) is 0 Å². The lowest BCUT2D eigenvalue weighted by Gasteiger charge is -2.14. The highest BCUT2D eigenvalue weighted by Crippen LogP contribution is 2.37. The quantitative estimate of drug-likeness (QED) is 0.596. The second-order valence-corrected chi connectivity index (χ2v) is 6.94. The molecule has 0 saturated carbocycles. The molecule has 2 aromatic carbocycles. The zero-order valence-corrected chi connectivity index (χ0v) is 15.2. The van der Waals surface area contributed by atoms with E-state index in [0.29, 0.717) is 28.3 Å². The Labute approximate surface area is 160 Å². The molecule has 0 radical (unpaired) electrons. The number of carboxylic acids is 1. The summed E-state index contributed by atoms with van der Waals surface area (Å²) in [6.07, 6.45) is 0. The summed E-state index contributed by atoms with van der Waals surface area (Å²) >= 11 is 0. The Kier molecular flexibility index (Phi) is 4.07. The molecule has 0 atom stereocenters. The van der Waals surface area contributed by atoms with Gasteiger partial charge >= 0.3 is 5.97 Å². The molecule has 1 aliphatic heterocycles. The Hall–Kier alpha value is -3.74. The van der Waals surface area contributed by atoms with Gasteiger partial charge in [-0.2, -0.15) is 0 Å². The normalized spacial score (nSPS) is 13.0. The summed E-state index contributed by atoms with van der Waals surface area (Å²) in [6, 6.07) is 12.0. The maximum Gasteiger partial charge on any atom is 0.335 e. The number of carbonyl (C=O) groups is 3. The topological polar surface area (TPSA) is 108 Å². The third-order valence-corrected chi connectivity index (χ3v) is 4.72. The highest BCUT2D eigenvalue weighted by atomic mass is 16.4. The van der Waals surface area contributed by atoms with Gasteiger partial charge in [0, 0.05) is 11.1 Å². The molecular formula is C21H17N3O4. The zero-order chi connectivity index (χ0) is 20.0. The number of rotatable bonds is 4. The maximum absolute atomic E-state index is 12.4. The number of pyridine rings is 1. The number of hydrogen-bond acceptors (Lipinski definition) is 5. The Balaban J connectivity index is 1.89. The summed E-state index contributed by atoms with van der Waals surface area (Å²) in [7, 11) is 0. The molecule has 0 unspecified atom stereocenters. The smallest absolute Gasteiger partial charge is 0.335 e. The Bertz CT molecular complexity index is 1170. The lowest BCUT2D eigenvalue weighted by atomic mass is 10.0. The molecule has 1 aliphatic rings. The first-order chi connectivity index (χ1) is 13.3. The molecule has 0 aliphatic carbocycles. The van der Waals surface area contributed by atoms with Crippen molar-refractivity contribution in [2.45, 2.75) is 19.8 Å². The van der Waals surface area contributed by atoms with Crippen LogP contribution in [0.3, 0.4) is 0 Å². The summed E-state index contributed by atoms with van der Waals surface area (Å²) in [5.74, 6) is -1.86. The van der Waals surface area contributed by atoms with Crippen molar-refractivity contribution in [3.63, 3.8) is 0 Å². The van der Waals surface area contributed by atoms with Crippen LogP contribution >= 0.6 is 0 Å². The SMILES string of the molecule is CC(C)c1cccc(Nc2nc3cc(C(=O)O)ccc3c3c2NC(=O)C3=O)c1. The number of anilines is 3. The lowest BCUT2D eigenvalue weighted by molar-refractivity contribution is -0.112. The van der Waals surface area contributed by atoms with E-state index in [4.69, 9.17) is 0 Å².